The molecule has 2 atom stereocenters. The number of hydrogen-bond donors (Lipinski definition) is 1. The number of rotatable bonds is 4. The molecule has 22 heavy (non-hydrogen) atoms. The fourth-order valence-electron chi connectivity index (χ4n) is 2.28. The largest absolute Gasteiger partial charge is 0.755 e. The van der Waals surface area contributed by atoms with Crippen molar-refractivity contribution in [3.05, 3.63) is 65.5 Å². The van der Waals surface area contributed by atoms with Gasteiger partial charge in [0.2, 0.25) is 11.8 Å². The fourth-order valence-corrected chi connectivity index (χ4v) is 2.28. The lowest BCUT2D eigenvalue weighted by molar-refractivity contribution is -0.130. The molecule has 2 unspecified atom stereocenters. The normalized spacial score (nSPS) is 18.0. The van der Waals surface area contributed by atoms with Crippen LogP contribution in [0.25, 0.3) is 0 Å². The third-order valence-electron chi connectivity index (χ3n) is 3.26. The molecule has 6 heteroatoms. The summed E-state index contributed by atoms with van der Waals surface area (Å²) in [6, 6.07) is 9.28. The van der Waals surface area contributed by atoms with E-state index < -0.39 is 18.2 Å². The first-order chi connectivity index (χ1) is 10.5. The van der Waals surface area contributed by atoms with Crippen LogP contribution in [0.2, 0.25) is 0 Å². The van der Waals surface area contributed by atoms with Gasteiger partial charge in [0.1, 0.15) is 12.3 Å². The lowest BCUT2D eigenvalue weighted by atomic mass is 10.1. The molecule has 0 bridgehead atoms. The quantitative estimate of drug-likeness (QED) is 0.861. The van der Waals surface area contributed by atoms with Gasteiger partial charge in [-0.15, -0.1) is 0 Å². The van der Waals surface area contributed by atoms with E-state index in [-0.39, 0.29) is 5.91 Å². The van der Waals surface area contributed by atoms with Crippen molar-refractivity contribution in [3.8, 4) is 0 Å². The molecule has 1 heterocycles. The first-order valence-corrected chi connectivity index (χ1v) is 6.92. The van der Waals surface area contributed by atoms with Gasteiger partial charge < -0.3 is 20.5 Å². The maximum Gasteiger partial charge on any atom is 0.218 e. The highest BCUT2D eigenvalue weighted by atomic mass is 16.5. The second-order valence-corrected chi connectivity index (χ2v) is 4.95. The standard InChI is InChI=1S/C16H18N3O3/c1-12(20)17-16(14-8-4-3-5-9-14)18-11-7-6-10-15(18)19(22)13(2)21/h3-11,15-16H,1-2H3,(H,17,20)/q-1. The first kappa shape index (κ1) is 15.8. The Labute approximate surface area is 129 Å². The van der Waals surface area contributed by atoms with Gasteiger partial charge >= 0.3 is 0 Å². The molecular weight excluding hydrogens is 282 g/mol. The smallest absolute Gasteiger partial charge is 0.218 e. The summed E-state index contributed by atoms with van der Waals surface area (Å²) < 4.78 is 0. The Morgan fingerprint density at radius 2 is 1.91 bits per heavy atom. The first-order valence-electron chi connectivity index (χ1n) is 6.92. The number of nitrogens with zero attached hydrogens (tertiary/aromatic N) is 2. The van der Waals surface area contributed by atoms with Crippen LogP contribution in [0.5, 0.6) is 0 Å². The van der Waals surface area contributed by atoms with Crippen LogP contribution in [0.15, 0.2) is 54.8 Å². The Morgan fingerprint density at radius 1 is 1.23 bits per heavy atom. The molecule has 1 aliphatic rings. The molecule has 0 fully saturated rings. The van der Waals surface area contributed by atoms with Gasteiger partial charge in [-0.1, -0.05) is 36.4 Å². The van der Waals surface area contributed by atoms with Gasteiger partial charge in [-0.2, -0.15) is 0 Å². The van der Waals surface area contributed by atoms with E-state index in [2.05, 4.69) is 5.32 Å². The van der Waals surface area contributed by atoms with E-state index in [1.165, 1.54) is 13.8 Å². The maximum atomic E-state index is 12.1. The Morgan fingerprint density at radius 3 is 2.50 bits per heavy atom. The molecule has 6 nitrogen and oxygen atoms in total. The summed E-state index contributed by atoms with van der Waals surface area (Å²) in [7, 11) is 0. The minimum atomic E-state index is -0.806. The summed E-state index contributed by atoms with van der Waals surface area (Å²) >= 11 is 0. The molecule has 1 aliphatic heterocycles. The Hall–Kier alpha value is -2.60. The number of nitrogens with one attached hydrogen (secondary N) is 1. The molecule has 0 saturated heterocycles. The molecule has 0 saturated carbocycles. The molecule has 1 aromatic carbocycles. The van der Waals surface area contributed by atoms with Gasteiger partial charge in [0, 0.05) is 20.0 Å². The summed E-state index contributed by atoms with van der Waals surface area (Å²) in [5.74, 6) is -0.819. The number of amides is 2. The Kier molecular flexibility index (Phi) is 4.95. The SMILES string of the molecule is CC(=O)NC(c1ccccc1)N1C=CC=CC1N([O-])C(C)=O. The highest BCUT2D eigenvalue weighted by Gasteiger charge is 2.27. The number of carbonyl (C=O) groups is 2. The minimum Gasteiger partial charge on any atom is -0.755 e. The van der Waals surface area contributed by atoms with Crippen molar-refractivity contribution in [2.24, 2.45) is 0 Å². The molecule has 2 amide bonds. The topological polar surface area (TPSA) is 75.7 Å². The van der Waals surface area contributed by atoms with Crippen LogP contribution >= 0.6 is 0 Å². The van der Waals surface area contributed by atoms with Crippen LogP contribution in [0.1, 0.15) is 25.6 Å². The van der Waals surface area contributed by atoms with E-state index in [0.29, 0.717) is 5.06 Å². The zero-order valence-corrected chi connectivity index (χ0v) is 12.5. The number of allylic oxidation sites excluding steroid dienone is 2. The highest BCUT2D eigenvalue weighted by molar-refractivity contribution is 5.74. The monoisotopic (exact) mass is 300 g/mol. The maximum absolute atomic E-state index is 12.1. The van der Waals surface area contributed by atoms with Crippen LogP contribution in [0.3, 0.4) is 0 Å². The fraction of sp³-hybridized carbons (Fsp3) is 0.250. The van der Waals surface area contributed by atoms with Gasteiger partial charge in [0.25, 0.3) is 0 Å². The van der Waals surface area contributed by atoms with Crippen LogP contribution in [0.4, 0.5) is 0 Å². The van der Waals surface area contributed by atoms with E-state index >= 15 is 0 Å². The summed E-state index contributed by atoms with van der Waals surface area (Å²) in [6.07, 6.45) is 5.41. The molecule has 1 N–H and O–H groups in total. The molecular formula is C16H18N3O3-. The predicted molar refractivity (Wildman–Crippen MR) is 82.8 cm³/mol. The van der Waals surface area contributed by atoms with Crippen LogP contribution in [0, 0.1) is 5.21 Å². The number of carbonyl (C=O) groups excluding carboxylic acids is 2. The molecule has 0 radical (unpaired) electrons. The van der Waals surface area contributed by atoms with E-state index in [9.17, 15) is 14.8 Å². The lowest BCUT2D eigenvalue weighted by Gasteiger charge is -2.45. The van der Waals surface area contributed by atoms with Gasteiger partial charge in [0.15, 0.2) is 0 Å². The Balaban J connectivity index is 2.36. The minimum absolute atomic E-state index is 0.226. The van der Waals surface area contributed by atoms with E-state index in [1.54, 1.807) is 29.3 Å². The van der Waals surface area contributed by atoms with Crippen molar-refractivity contribution < 1.29 is 9.59 Å². The predicted octanol–water partition coefficient (Wildman–Crippen LogP) is 1.88. The van der Waals surface area contributed by atoms with Crippen molar-refractivity contribution in [1.82, 2.24) is 15.3 Å². The zero-order chi connectivity index (χ0) is 16.1. The summed E-state index contributed by atoms with van der Waals surface area (Å²) in [6.45, 7) is 2.63. The van der Waals surface area contributed by atoms with Gasteiger partial charge in [-0.25, -0.2) is 0 Å². The summed E-state index contributed by atoms with van der Waals surface area (Å²) in [5, 5.41) is 15.3. The van der Waals surface area contributed by atoms with Crippen LogP contribution in [-0.4, -0.2) is 27.9 Å². The van der Waals surface area contributed by atoms with Crippen LogP contribution in [-0.2, 0) is 9.59 Å². The molecule has 0 spiro atoms. The summed E-state index contributed by atoms with van der Waals surface area (Å²) in [5.41, 5.74) is 0.819. The van der Waals surface area contributed by atoms with Gasteiger partial charge in [0.05, 0.1) is 0 Å². The second kappa shape index (κ2) is 6.91. The van der Waals surface area contributed by atoms with Crippen molar-refractivity contribution in [2.45, 2.75) is 26.2 Å². The van der Waals surface area contributed by atoms with Crippen molar-refractivity contribution in [1.29, 1.82) is 0 Å². The average molecular weight is 300 g/mol. The molecule has 1 aromatic rings. The third-order valence-corrected chi connectivity index (χ3v) is 3.26. The lowest BCUT2D eigenvalue weighted by Crippen LogP contribution is -2.50. The number of benzene rings is 1. The molecule has 0 aromatic heterocycles. The molecule has 116 valence electrons. The van der Waals surface area contributed by atoms with Crippen molar-refractivity contribution in [3.63, 3.8) is 0 Å². The average Bonchev–Trinajstić information content (AvgIpc) is 2.52. The van der Waals surface area contributed by atoms with Crippen LogP contribution < -0.4 is 5.32 Å². The number of hydrogen-bond acceptors (Lipinski definition) is 4. The third kappa shape index (κ3) is 3.53. The van der Waals surface area contributed by atoms with Crippen molar-refractivity contribution >= 4 is 11.8 Å². The van der Waals surface area contributed by atoms with Crippen molar-refractivity contribution in [2.75, 3.05) is 0 Å². The van der Waals surface area contributed by atoms with E-state index in [1.807, 2.05) is 30.3 Å². The molecule has 2 rings (SSSR count). The molecule has 0 aliphatic carbocycles. The summed E-state index contributed by atoms with van der Waals surface area (Å²) in [4.78, 5) is 24.6. The van der Waals surface area contributed by atoms with Gasteiger partial charge in [-0.3, -0.25) is 9.59 Å². The van der Waals surface area contributed by atoms with Gasteiger partial charge in [-0.05, 0) is 17.7 Å². The van der Waals surface area contributed by atoms with E-state index in [4.69, 9.17) is 0 Å². The second-order valence-electron chi connectivity index (χ2n) is 4.95. The highest BCUT2D eigenvalue weighted by Crippen LogP contribution is 2.25. The Bertz CT molecular complexity index is 598. The van der Waals surface area contributed by atoms with E-state index in [0.717, 1.165) is 5.56 Å². The number of hydroxylamine groups is 2. The zero-order valence-electron chi connectivity index (χ0n) is 12.5.